The van der Waals surface area contributed by atoms with Crippen molar-refractivity contribution in [2.45, 2.75) is 45.1 Å². The van der Waals surface area contributed by atoms with Crippen molar-refractivity contribution in [1.82, 2.24) is 9.62 Å². The number of hydrogen-bond acceptors (Lipinski definition) is 3. The number of nitrogens with one attached hydrogen (secondary N) is 1. The molecular weight excluding hydrogens is 396 g/mol. The van der Waals surface area contributed by atoms with E-state index in [-0.39, 0.29) is 30.2 Å². The first-order chi connectivity index (χ1) is 14.5. The van der Waals surface area contributed by atoms with Gasteiger partial charge in [0.25, 0.3) is 0 Å². The minimum absolute atomic E-state index is 0.0449. The van der Waals surface area contributed by atoms with Crippen LogP contribution < -0.4 is 5.32 Å². The molecule has 0 radical (unpaired) electrons. The number of benzene rings is 2. The van der Waals surface area contributed by atoms with E-state index >= 15 is 0 Å². The Balaban J connectivity index is 1.55. The number of rotatable bonds is 9. The number of sulfonamides is 1. The van der Waals surface area contributed by atoms with Crippen LogP contribution >= 0.6 is 0 Å². The first-order valence-corrected chi connectivity index (χ1v) is 12.5. The molecule has 2 atom stereocenters. The molecule has 5 nitrogen and oxygen atoms in total. The molecule has 3 rings (SSSR count). The number of hydrogen-bond donors (Lipinski definition) is 1. The summed E-state index contributed by atoms with van der Waals surface area (Å²) in [6.07, 6.45) is 3.58. The van der Waals surface area contributed by atoms with Gasteiger partial charge in [-0.25, -0.2) is 12.7 Å². The highest BCUT2D eigenvalue weighted by Crippen LogP contribution is 2.23. The van der Waals surface area contributed by atoms with E-state index in [0.717, 1.165) is 36.8 Å². The van der Waals surface area contributed by atoms with Crippen LogP contribution in [0.1, 0.15) is 49.8 Å². The van der Waals surface area contributed by atoms with E-state index in [9.17, 15) is 13.2 Å². The van der Waals surface area contributed by atoms with Crippen LogP contribution in [0.3, 0.4) is 0 Å². The Morgan fingerprint density at radius 1 is 1.10 bits per heavy atom. The Morgan fingerprint density at radius 3 is 2.43 bits per heavy atom. The van der Waals surface area contributed by atoms with Crippen LogP contribution in [0, 0.1) is 5.92 Å². The molecule has 0 unspecified atom stereocenters. The van der Waals surface area contributed by atoms with Crippen LogP contribution in [-0.2, 0) is 21.2 Å². The van der Waals surface area contributed by atoms with Gasteiger partial charge >= 0.3 is 0 Å². The van der Waals surface area contributed by atoms with Gasteiger partial charge in [-0.2, -0.15) is 0 Å². The molecule has 6 heteroatoms. The maximum atomic E-state index is 12.9. The molecule has 1 aliphatic heterocycles. The minimum atomic E-state index is -3.35. The molecule has 0 bridgehead atoms. The summed E-state index contributed by atoms with van der Waals surface area (Å²) in [5.74, 6) is -0.215. The van der Waals surface area contributed by atoms with Gasteiger partial charge in [0, 0.05) is 13.1 Å². The molecule has 0 aromatic heterocycles. The first-order valence-electron chi connectivity index (χ1n) is 10.9. The quantitative estimate of drug-likeness (QED) is 0.658. The van der Waals surface area contributed by atoms with E-state index in [1.54, 1.807) is 0 Å². The summed E-state index contributed by atoms with van der Waals surface area (Å²) >= 11 is 0. The Morgan fingerprint density at radius 2 is 1.77 bits per heavy atom. The molecule has 2 aromatic carbocycles. The Bertz CT molecular complexity index is 901. The molecule has 1 aliphatic rings. The fourth-order valence-electron chi connectivity index (χ4n) is 4.04. The topological polar surface area (TPSA) is 66.5 Å². The van der Waals surface area contributed by atoms with E-state index in [1.807, 2.05) is 67.6 Å². The SMILES string of the molecule is CC[C@H](NC(=O)[C@@H]1CCCN(S(=O)(=O)CCCc2ccccc2)C1)c1ccccc1. The maximum absolute atomic E-state index is 12.9. The molecule has 30 heavy (non-hydrogen) atoms. The summed E-state index contributed by atoms with van der Waals surface area (Å²) in [5.41, 5.74) is 2.23. The van der Waals surface area contributed by atoms with Crippen molar-refractivity contribution in [2.24, 2.45) is 5.92 Å². The van der Waals surface area contributed by atoms with Crippen LogP contribution in [0.15, 0.2) is 60.7 Å². The zero-order valence-corrected chi connectivity index (χ0v) is 18.5. The van der Waals surface area contributed by atoms with Crippen molar-refractivity contribution >= 4 is 15.9 Å². The molecule has 1 N–H and O–H groups in total. The summed E-state index contributed by atoms with van der Waals surface area (Å²) in [5, 5.41) is 3.13. The third-order valence-corrected chi connectivity index (χ3v) is 7.71. The van der Waals surface area contributed by atoms with E-state index in [1.165, 1.54) is 4.31 Å². The normalized spacial score (nSPS) is 18.6. The Hall–Kier alpha value is -2.18. The summed E-state index contributed by atoms with van der Waals surface area (Å²) in [6.45, 7) is 2.83. The summed E-state index contributed by atoms with van der Waals surface area (Å²) in [4.78, 5) is 12.9. The highest BCUT2D eigenvalue weighted by atomic mass is 32.2. The highest BCUT2D eigenvalue weighted by molar-refractivity contribution is 7.89. The predicted molar refractivity (Wildman–Crippen MR) is 120 cm³/mol. The largest absolute Gasteiger partial charge is 0.349 e. The van der Waals surface area contributed by atoms with E-state index < -0.39 is 10.0 Å². The molecule has 162 valence electrons. The lowest BCUT2D eigenvalue weighted by molar-refractivity contribution is -0.126. The van der Waals surface area contributed by atoms with Crippen molar-refractivity contribution in [2.75, 3.05) is 18.8 Å². The second-order valence-corrected chi connectivity index (χ2v) is 10.1. The summed E-state index contributed by atoms with van der Waals surface area (Å²) in [6, 6.07) is 19.8. The van der Waals surface area contributed by atoms with Crippen LogP contribution in [0.5, 0.6) is 0 Å². The number of amides is 1. The number of aryl methyl sites for hydroxylation is 1. The van der Waals surface area contributed by atoms with Crippen molar-refractivity contribution in [3.8, 4) is 0 Å². The van der Waals surface area contributed by atoms with Crippen molar-refractivity contribution in [1.29, 1.82) is 0 Å². The van der Waals surface area contributed by atoms with Crippen LogP contribution in [-0.4, -0.2) is 37.5 Å². The molecule has 1 heterocycles. The van der Waals surface area contributed by atoms with E-state index in [2.05, 4.69) is 5.32 Å². The highest BCUT2D eigenvalue weighted by Gasteiger charge is 2.32. The molecule has 0 saturated carbocycles. The van der Waals surface area contributed by atoms with Crippen molar-refractivity contribution in [3.05, 3.63) is 71.8 Å². The standard InChI is InChI=1S/C24H32N2O3S/c1-2-23(21-14-7-4-8-15-21)25-24(27)22-16-9-17-26(19-22)30(28,29)18-10-13-20-11-5-3-6-12-20/h3-8,11-12,14-15,22-23H,2,9-10,13,16-19H2,1H3,(H,25,27)/t22-,23+/m1/s1. The lowest BCUT2D eigenvalue weighted by Gasteiger charge is -2.32. The Labute approximate surface area is 180 Å². The lowest BCUT2D eigenvalue weighted by atomic mass is 9.97. The molecule has 2 aromatic rings. The Kier molecular flexibility index (Phi) is 8.05. The number of carbonyl (C=O) groups is 1. The third kappa shape index (κ3) is 6.16. The zero-order chi connectivity index (χ0) is 21.4. The predicted octanol–water partition coefficient (Wildman–Crippen LogP) is 3.93. The summed E-state index contributed by atoms with van der Waals surface area (Å²) in [7, 11) is -3.35. The minimum Gasteiger partial charge on any atom is -0.349 e. The lowest BCUT2D eigenvalue weighted by Crippen LogP contribution is -2.46. The third-order valence-electron chi connectivity index (χ3n) is 5.79. The molecule has 1 fully saturated rings. The van der Waals surface area contributed by atoms with Gasteiger partial charge < -0.3 is 5.32 Å². The van der Waals surface area contributed by atoms with Gasteiger partial charge in [-0.15, -0.1) is 0 Å². The number of piperidine rings is 1. The second-order valence-electron chi connectivity index (χ2n) is 7.98. The molecule has 1 amide bonds. The number of nitrogens with zero attached hydrogens (tertiary/aromatic N) is 1. The fraction of sp³-hybridized carbons (Fsp3) is 0.458. The fourth-order valence-corrected chi connectivity index (χ4v) is 5.62. The first kappa shape index (κ1) is 22.5. The van der Waals surface area contributed by atoms with Crippen LogP contribution in [0.4, 0.5) is 0 Å². The average molecular weight is 429 g/mol. The van der Waals surface area contributed by atoms with Gasteiger partial charge in [0.15, 0.2) is 0 Å². The molecule has 1 saturated heterocycles. The van der Waals surface area contributed by atoms with Gasteiger partial charge in [0.1, 0.15) is 0 Å². The average Bonchev–Trinajstić information content (AvgIpc) is 2.78. The molecule has 0 aliphatic carbocycles. The second kappa shape index (κ2) is 10.7. The van der Waals surface area contributed by atoms with Crippen molar-refractivity contribution in [3.63, 3.8) is 0 Å². The van der Waals surface area contributed by atoms with E-state index in [4.69, 9.17) is 0 Å². The smallest absolute Gasteiger partial charge is 0.224 e. The molecular formula is C24H32N2O3S. The monoisotopic (exact) mass is 428 g/mol. The van der Waals surface area contributed by atoms with Crippen LogP contribution in [0.2, 0.25) is 0 Å². The molecule has 0 spiro atoms. The van der Waals surface area contributed by atoms with Gasteiger partial charge in [-0.1, -0.05) is 67.6 Å². The van der Waals surface area contributed by atoms with Gasteiger partial charge in [0.05, 0.1) is 17.7 Å². The maximum Gasteiger partial charge on any atom is 0.224 e. The zero-order valence-electron chi connectivity index (χ0n) is 17.7. The van der Waals surface area contributed by atoms with Crippen LogP contribution in [0.25, 0.3) is 0 Å². The van der Waals surface area contributed by atoms with Crippen molar-refractivity contribution < 1.29 is 13.2 Å². The number of carbonyl (C=O) groups excluding carboxylic acids is 1. The van der Waals surface area contributed by atoms with Gasteiger partial charge in [-0.05, 0) is 43.2 Å². The van der Waals surface area contributed by atoms with Gasteiger partial charge in [0.2, 0.25) is 15.9 Å². The van der Waals surface area contributed by atoms with Gasteiger partial charge in [-0.3, -0.25) is 4.79 Å². The summed E-state index contributed by atoms with van der Waals surface area (Å²) < 4.78 is 27.2. The van der Waals surface area contributed by atoms with E-state index in [0.29, 0.717) is 13.0 Å².